The van der Waals surface area contributed by atoms with Crippen molar-refractivity contribution in [3.8, 4) is 0 Å². The summed E-state index contributed by atoms with van der Waals surface area (Å²) in [7, 11) is 3.99. The molecule has 1 atom stereocenters. The van der Waals surface area contributed by atoms with Crippen molar-refractivity contribution in [2.45, 2.75) is 19.4 Å². The number of carbonyl (C=O) groups excluding carboxylic acids is 1. The molecule has 1 heterocycles. The Hall–Kier alpha value is -2.04. The predicted octanol–water partition coefficient (Wildman–Crippen LogP) is 2.00. The Kier molecular flexibility index (Phi) is 3.74. The van der Waals surface area contributed by atoms with E-state index in [0.29, 0.717) is 12.4 Å². The molecule has 2 amide bonds. The van der Waals surface area contributed by atoms with Crippen molar-refractivity contribution in [3.05, 3.63) is 29.8 Å². The number of carbonyl (C=O) groups is 1. The summed E-state index contributed by atoms with van der Waals surface area (Å²) in [6.45, 7) is 2.71. The molecule has 2 rings (SSSR count). The van der Waals surface area contributed by atoms with Gasteiger partial charge in [0.15, 0.2) is 0 Å². The van der Waals surface area contributed by atoms with E-state index < -0.39 is 0 Å². The Balaban J connectivity index is 2.28. The van der Waals surface area contributed by atoms with E-state index in [-0.39, 0.29) is 12.1 Å². The number of amidine groups is 1. The zero-order chi connectivity index (χ0) is 14.0. The summed E-state index contributed by atoms with van der Waals surface area (Å²) in [6.07, 6.45) is 0.890. The van der Waals surface area contributed by atoms with Gasteiger partial charge in [0.1, 0.15) is 11.9 Å². The lowest BCUT2D eigenvalue weighted by Gasteiger charge is -2.24. The molecule has 0 radical (unpaired) electrons. The second-order valence-corrected chi connectivity index (χ2v) is 4.90. The molecule has 1 aliphatic rings. The Bertz CT molecular complexity index is 493. The van der Waals surface area contributed by atoms with Gasteiger partial charge in [-0.15, -0.1) is 0 Å². The van der Waals surface area contributed by atoms with Crippen molar-refractivity contribution in [2.24, 2.45) is 10.7 Å². The average molecular weight is 260 g/mol. The van der Waals surface area contributed by atoms with Crippen LogP contribution in [0.1, 0.15) is 24.9 Å². The first kappa shape index (κ1) is 13.4. The SMILES string of the molecule is CCCN1C(=O)N=C(N)C1c1ccc(N(C)C)cc1. The molecule has 0 fully saturated rings. The van der Waals surface area contributed by atoms with Crippen LogP contribution in [-0.2, 0) is 0 Å². The van der Waals surface area contributed by atoms with Crippen molar-refractivity contribution < 1.29 is 4.79 Å². The van der Waals surface area contributed by atoms with Crippen LogP contribution < -0.4 is 10.6 Å². The van der Waals surface area contributed by atoms with Gasteiger partial charge < -0.3 is 15.5 Å². The van der Waals surface area contributed by atoms with Crippen molar-refractivity contribution in [3.63, 3.8) is 0 Å². The summed E-state index contributed by atoms with van der Waals surface area (Å²) in [5.74, 6) is 0.385. The second kappa shape index (κ2) is 5.30. The van der Waals surface area contributed by atoms with E-state index in [9.17, 15) is 4.79 Å². The molecular weight excluding hydrogens is 240 g/mol. The van der Waals surface area contributed by atoms with E-state index in [4.69, 9.17) is 5.73 Å². The number of hydrogen-bond acceptors (Lipinski definition) is 3. The molecule has 102 valence electrons. The van der Waals surface area contributed by atoms with Crippen molar-refractivity contribution in [1.82, 2.24) is 4.90 Å². The Morgan fingerprint density at radius 2 is 1.95 bits per heavy atom. The highest BCUT2D eigenvalue weighted by atomic mass is 16.2. The monoisotopic (exact) mass is 260 g/mol. The van der Waals surface area contributed by atoms with Gasteiger partial charge in [0.25, 0.3) is 0 Å². The third-order valence-electron chi connectivity index (χ3n) is 3.25. The maximum atomic E-state index is 11.8. The van der Waals surface area contributed by atoms with E-state index in [1.165, 1.54) is 0 Å². The van der Waals surface area contributed by atoms with Crippen LogP contribution in [0.25, 0.3) is 0 Å². The molecule has 2 N–H and O–H groups in total. The van der Waals surface area contributed by atoms with Crippen LogP contribution >= 0.6 is 0 Å². The molecule has 0 aliphatic carbocycles. The minimum atomic E-state index is -0.235. The number of rotatable bonds is 4. The Labute approximate surface area is 113 Å². The molecule has 5 heteroatoms. The average Bonchev–Trinajstić information content (AvgIpc) is 2.65. The van der Waals surface area contributed by atoms with E-state index in [1.807, 2.05) is 50.2 Å². The van der Waals surface area contributed by atoms with E-state index in [1.54, 1.807) is 4.90 Å². The highest BCUT2D eigenvalue weighted by Gasteiger charge is 2.33. The van der Waals surface area contributed by atoms with Gasteiger partial charge in [-0.25, -0.2) is 4.79 Å². The molecule has 0 aromatic heterocycles. The first-order valence-corrected chi connectivity index (χ1v) is 6.46. The lowest BCUT2D eigenvalue weighted by atomic mass is 10.0. The first-order valence-electron chi connectivity index (χ1n) is 6.46. The molecule has 19 heavy (non-hydrogen) atoms. The van der Waals surface area contributed by atoms with Crippen molar-refractivity contribution in [1.29, 1.82) is 0 Å². The van der Waals surface area contributed by atoms with Crippen LogP contribution in [0, 0.1) is 0 Å². The fraction of sp³-hybridized carbons (Fsp3) is 0.429. The first-order chi connectivity index (χ1) is 9.04. The number of hydrogen-bond donors (Lipinski definition) is 1. The number of amides is 2. The van der Waals surface area contributed by atoms with Crippen molar-refractivity contribution in [2.75, 3.05) is 25.5 Å². The van der Waals surface area contributed by atoms with Gasteiger partial charge in [-0.1, -0.05) is 19.1 Å². The van der Waals surface area contributed by atoms with E-state index in [0.717, 1.165) is 17.7 Å². The second-order valence-electron chi connectivity index (χ2n) is 4.90. The van der Waals surface area contributed by atoms with Crippen LogP contribution in [-0.4, -0.2) is 37.4 Å². The molecule has 1 aromatic carbocycles. The molecule has 1 unspecified atom stereocenters. The fourth-order valence-corrected chi connectivity index (χ4v) is 2.28. The zero-order valence-electron chi connectivity index (χ0n) is 11.6. The number of nitrogens with two attached hydrogens (primary N) is 1. The molecule has 1 aliphatic heterocycles. The molecule has 1 aromatic rings. The number of nitrogens with zero attached hydrogens (tertiary/aromatic N) is 3. The number of aliphatic imine (C=N–C) groups is 1. The smallest absolute Gasteiger partial charge is 0.346 e. The normalized spacial score (nSPS) is 18.7. The minimum absolute atomic E-state index is 0.219. The van der Waals surface area contributed by atoms with Gasteiger partial charge in [-0.05, 0) is 24.1 Å². The predicted molar refractivity (Wildman–Crippen MR) is 77.5 cm³/mol. The summed E-state index contributed by atoms with van der Waals surface area (Å²) < 4.78 is 0. The molecular formula is C14H20N4O. The van der Waals surface area contributed by atoms with Crippen LogP contribution in [0.2, 0.25) is 0 Å². The molecule has 5 nitrogen and oxygen atoms in total. The van der Waals surface area contributed by atoms with Gasteiger partial charge in [0.2, 0.25) is 0 Å². The Morgan fingerprint density at radius 1 is 1.32 bits per heavy atom. The van der Waals surface area contributed by atoms with Gasteiger partial charge >= 0.3 is 6.03 Å². The highest BCUT2D eigenvalue weighted by molar-refractivity contribution is 6.03. The summed E-state index contributed by atoms with van der Waals surface area (Å²) >= 11 is 0. The van der Waals surface area contributed by atoms with Gasteiger partial charge in [0.05, 0.1) is 0 Å². The fourth-order valence-electron chi connectivity index (χ4n) is 2.28. The zero-order valence-corrected chi connectivity index (χ0v) is 11.6. The highest BCUT2D eigenvalue weighted by Crippen LogP contribution is 2.28. The van der Waals surface area contributed by atoms with E-state index >= 15 is 0 Å². The molecule has 0 saturated heterocycles. The van der Waals surface area contributed by atoms with Crippen LogP contribution in [0.4, 0.5) is 10.5 Å². The lowest BCUT2D eigenvalue weighted by molar-refractivity contribution is 0.206. The Morgan fingerprint density at radius 3 is 2.47 bits per heavy atom. The quantitative estimate of drug-likeness (QED) is 0.900. The maximum Gasteiger partial charge on any atom is 0.346 e. The largest absolute Gasteiger partial charge is 0.385 e. The summed E-state index contributed by atoms with van der Waals surface area (Å²) in [5, 5.41) is 0. The maximum absolute atomic E-state index is 11.8. The van der Waals surface area contributed by atoms with Crippen LogP contribution in [0.15, 0.2) is 29.3 Å². The van der Waals surface area contributed by atoms with Gasteiger partial charge in [0, 0.05) is 26.3 Å². The van der Waals surface area contributed by atoms with Crippen molar-refractivity contribution >= 4 is 17.6 Å². The standard InChI is InChI=1S/C14H20N4O/c1-4-9-18-12(13(15)16-14(18)19)10-5-7-11(8-6-10)17(2)3/h5-8,12H,4,9H2,1-3H3,(H2,15,16,19). The third kappa shape index (κ3) is 2.54. The topological polar surface area (TPSA) is 61.9 Å². The third-order valence-corrected chi connectivity index (χ3v) is 3.25. The molecule has 0 spiro atoms. The van der Waals surface area contributed by atoms with Gasteiger partial charge in [-0.3, -0.25) is 0 Å². The van der Waals surface area contributed by atoms with Gasteiger partial charge in [-0.2, -0.15) is 4.99 Å². The summed E-state index contributed by atoms with van der Waals surface area (Å²) in [6, 6.07) is 7.60. The summed E-state index contributed by atoms with van der Waals surface area (Å²) in [4.78, 5) is 19.4. The van der Waals surface area contributed by atoms with Crippen LogP contribution in [0.5, 0.6) is 0 Å². The lowest BCUT2D eigenvalue weighted by Crippen LogP contribution is -2.33. The van der Waals surface area contributed by atoms with E-state index in [2.05, 4.69) is 4.99 Å². The molecule has 0 saturated carbocycles. The summed E-state index contributed by atoms with van der Waals surface area (Å²) in [5.41, 5.74) is 8.02. The number of urea groups is 1. The minimum Gasteiger partial charge on any atom is -0.385 e. The number of anilines is 1. The molecule has 0 bridgehead atoms. The van der Waals surface area contributed by atoms with Crippen LogP contribution in [0.3, 0.4) is 0 Å². The number of benzene rings is 1.